The van der Waals surface area contributed by atoms with E-state index in [0.717, 1.165) is 19.5 Å². The van der Waals surface area contributed by atoms with Gasteiger partial charge in [0.1, 0.15) is 0 Å². The summed E-state index contributed by atoms with van der Waals surface area (Å²) in [4.78, 5) is 2.38. The summed E-state index contributed by atoms with van der Waals surface area (Å²) in [5.41, 5.74) is 2.83. The molecule has 0 fully saturated rings. The van der Waals surface area contributed by atoms with Gasteiger partial charge in [-0.05, 0) is 0 Å². The predicted molar refractivity (Wildman–Crippen MR) is 58.7 cm³/mol. The summed E-state index contributed by atoms with van der Waals surface area (Å²) in [5, 5.41) is 1.48. The Bertz CT molecular complexity index is 475. The third-order valence-electron chi connectivity index (χ3n) is 2.83. The summed E-state index contributed by atoms with van der Waals surface area (Å²) in [6, 6.07) is 6.66. The molecule has 0 aliphatic carbocycles. The molecular formula is C11H12N2Se. The van der Waals surface area contributed by atoms with E-state index in [1.165, 1.54) is 20.9 Å². The molecule has 0 amide bonds. The fourth-order valence-corrected chi connectivity index (χ4v) is 3.93. The molecule has 3 rings (SSSR count). The monoisotopic (exact) mass is 252 g/mol. The summed E-state index contributed by atoms with van der Waals surface area (Å²) in [6.45, 7) is 2.22. The van der Waals surface area contributed by atoms with Crippen molar-refractivity contribution in [2.24, 2.45) is 0 Å². The molecule has 0 unspecified atom stereocenters. The van der Waals surface area contributed by atoms with E-state index in [-0.39, 0.29) is 0 Å². The summed E-state index contributed by atoms with van der Waals surface area (Å²) in [7, 11) is 2.19. The van der Waals surface area contributed by atoms with Gasteiger partial charge in [-0.15, -0.1) is 0 Å². The van der Waals surface area contributed by atoms with E-state index >= 15 is 0 Å². The van der Waals surface area contributed by atoms with Crippen LogP contribution < -0.4 is 0 Å². The van der Waals surface area contributed by atoms with Crippen molar-refractivity contribution in [3.05, 3.63) is 29.5 Å². The summed E-state index contributed by atoms with van der Waals surface area (Å²) in [5.74, 6) is 0. The van der Waals surface area contributed by atoms with Gasteiger partial charge in [-0.3, -0.25) is 0 Å². The third kappa shape index (κ3) is 1.24. The number of hydrogen-bond acceptors (Lipinski definition) is 2. The molecule has 0 radical (unpaired) electrons. The van der Waals surface area contributed by atoms with Crippen LogP contribution in [0.5, 0.6) is 0 Å². The Kier molecular flexibility index (Phi) is 1.98. The van der Waals surface area contributed by atoms with Gasteiger partial charge in [-0.2, -0.15) is 0 Å². The molecule has 0 saturated heterocycles. The van der Waals surface area contributed by atoms with Gasteiger partial charge >= 0.3 is 89.3 Å². The van der Waals surface area contributed by atoms with Crippen molar-refractivity contribution < 1.29 is 0 Å². The molecular weight excluding hydrogens is 239 g/mol. The number of rotatable bonds is 0. The molecule has 0 atom stereocenters. The molecule has 1 aliphatic rings. The average Bonchev–Trinajstić information content (AvgIpc) is 2.51. The van der Waals surface area contributed by atoms with Crippen LogP contribution in [-0.2, 0) is 13.0 Å². The van der Waals surface area contributed by atoms with Crippen LogP contribution in [-0.4, -0.2) is 37.2 Å². The van der Waals surface area contributed by atoms with Crippen LogP contribution in [0.2, 0.25) is 0 Å². The van der Waals surface area contributed by atoms with Crippen molar-refractivity contribution in [3.8, 4) is 0 Å². The van der Waals surface area contributed by atoms with Crippen molar-refractivity contribution >= 4 is 24.4 Å². The van der Waals surface area contributed by atoms with E-state index < -0.39 is 0 Å². The predicted octanol–water partition coefficient (Wildman–Crippen LogP) is 1.28. The van der Waals surface area contributed by atoms with Crippen LogP contribution >= 0.6 is 0 Å². The molecule has 1 aromatic carbocycles. The SMILES string of the molecule is CN1CCc2n[se]c3cccc(c23)C1. The fourth-order valence-electron chi connectivity index (χ4n) is 2.10. The van der Waals surface area contributed by atoms with Gasteiger partial charge in [0.15, 0.2) is 0 Å². The first kappa shape index (κ1) is 8.66. The van der Waals surface area contributed by atoms with Crippen LogP contribution in [0.15, 0.2) is 18.2 Å². The average molecular weight is 251 g/mol. The maximum absolute atomic E-state index is 4.68. The number of likely N-dealkylation sites (N-methyl/N-ethyl adjacent to an activating group) is 1. The van der Waals surface area contributed by atoms with Crippen LogP contribution in [0, 0.1) is 0 Å². The first-order valence-corrected chi connectivity index (χ1v) is 6.51. The summed E-state index contributed by atoms with van der Waals surface area (Å²) < 4.78 is 6.17. The van der Waals surface area contributed by atoms with Gasteiger partial charge in [0.25, 0.3) is 0 Å². The van der Waals surface area contributed by atoms with Gasteiger partial charge in [-0.25, -0.2) is 0 Å². The normalized spacial score (nSPS) is 17.2. The summed E-state index contributed by atoms with van der Waals surface area (Å²) in [6.07, 6.45) is 1.13. The minimum atomic E-state index is 0.358. The van der Waals surface area contributed by atoms with Crippen LogP contribution in [0.25, 0.3) is 9.65 Å². The molecule has 1 aliphatic heterocycles. The Labute approximate surface area is 89.5 Å². The second-order valence-corrected chi connectivity index (χ2v) is 5.60. The van der Waals surface area contributed by atoms with Crippen molar-refractivity contribution in [1.82, 2.24) is 8.88 Å². The quantitative estimate of drug-likeness (QED) is 0.656. The van der Waals surface area contributed by atoms with E-state index in [4.69, 9.17) is 0 Å². The van der Waals surface area contributed by atoms with Crippen LogP contribution in [0.1, 0.15) is 11.3 Å². The second kappa shape index (κ2) is 3.20. The maximum atomic E-state index is 4.68. The van der Waals surface area contributed by atoms with Crippen molar-refractivity contribution in [1.29, 1.82) is 0 Å². The molecule has 0 saturated carbocycles. The number of benzene rings is 1. The van der Waals surface area contributed by atoms with E-state index in [1.54, 1.807) is 0 Å². The zero-order valence-corrected chi connectivity index (χ0v) is 9.87. The van der Waals surface area contributed by atoms with E-state index in [0.29, 0.717) is 14.7 Å². The number of hydrogen-bond donors (Lipinski definition) is 0. The van der Waals surface area contributed by atoms with Crippen LogP contribution in [0.4, 0.5) is 0 Å². The minimum absolute atomic E-state index is 0.358. The second-order valence-electron chi connectivity index (χ2n) is 3.91. The molecule has 2 nitrogen and oxygen atoms in total. The first-order chi connectivity index (χ1) is 6.84. The van der Waals surface area contributed by atoms with Gasteiger partial charge in [0.05, 0.1) is 0 Å². The summed E-state index contributed by atoms with van der Waals surface area (Å²) >= 11 is 0.358. The third-order valence-corrected chi connectivity index (χ3v) is 4.61. The van der Waals surface area contributed by atoms with Gasteiger partial charge in [0, 0.05) is 0 Å². The standard InChI is InChI=1S/C11H12N2Se/c1-13-6-5-9-11-8(7-13)3-2-4-10(11)14-12-9/h2-4H,5-7H2,1H3. The molecule has 0 spiro atoms. The van der Waals surface area contributed by atoms with Gasteiger partial charge in [0.2, 0.25) is 0 Å². The first-order valence-electron chi connectivity index (χ1n) is 4.89. The molecule has 72 valence electrons. The Morgan fingerprint density at radius 3 is 3.29 bits per heavy atom. The fraction of sp³-hybridized carbons (Fsp3) is 0.364. The Hall–Kier alpha value is -0.631. The molecule has 1 aromatic heterocycles. The van der Waals surface area contributed by atoms with E-state index in [1.807, 2.05) is 0 Å². The zero-order valence-electron chi connectivity index (χ0n) is 8.16. The van der Waals surface area contributed by atoms with Crippen molar-refractivity contribution in [3.63, 3.8) is 0 Å². The number of nitrogens with zero attached hydrogens (tertiary/aromatic N) is 2. The Morgan fingerprint density at radius 1 is 1.43 bits per heavy atom. The topological polar surface area (TPSA) is 16.1 Å². The molecule has 14 heavy (non-hydrogen) atoms. The van der Waals surface area contributed by atoms with Gasteiger partial charge in [-0.1, -0.05) is 0 Å². The van der Waals surface area contributed by atoms with E-state index in [2.05, 4.69) is 34.1 Å². The zero-order chi connectivity index (χ0) is 9.54. The number of aromatic nitrogens is 1. The van der Waals surface area contributed by atoms with Gasteiger partial charge < -0.3 is 0 Å². The Balaban J connectivity index is 2.31. The molecule has 0 bridgehead atoms. The van der Waals surface area contributed by atoms with Crippen LogP contribution in [0.3, 0.4) is 0 Å². The molecule has 2 heterocycles. The molecule has 2 aromatic rings. The van der Waals surface area contributed by atoms with Crippen molar-refractivity contribution in [2.45, 2.75) is 13.0 Å². The molecule has 3 heteroatoms. The molecule has 0 N–H and O–H groups in total. The van der Waals surface area contributed by atoms with Crippen molar-refractivity contribution in [2.75, 3.05) is 13.6 Å². The Morgan fingerprint density at radius 2 is 2.36 bits per heavy atom. The van der Waals surface area contributed by atoms with E-state index in [9.17, 15) is 0 Å².